The molecule has 0 atom stereocenters. The number of rotatable bonds is 6. The molecule has 0 spiro atoms. The third-order valence-electron chi connectivity index (χ3n) is 4.65. The van der Waals surface area contributed by atoms with Gasteiger partial charge in [-0.1, -0.05) is 41.4 Å². The number of H-pyrrole nitrogens is 1. The van der Waals surface area contributed by atoms with Gasteiger partial charge in [-0.3, -0.25) is 19.1 Å². The van der Waals surface area contributed by atoms with Crippen LogP contribution in [-0.4, -0.2) is 20.4 Å². The molecule has 10 heteroatoms. The molecule has 2 aromatic heterocycles. The van der Waals surface area contributed by atoms with Gasteiger partial charge in [-0.15, -0.1) is 11.3 Å². The second-order valence-corrected chi connectivity index (χ2v) is 8.73. The topological polar surface area (TPSA) is 96.9 Å². The molecule has 2 N–H and O–H groups in total. The number of halogens is 2. The van der Waals surface area contributed by atoms with Crippen LogP contribution in [-0.2, 0) is 17.8 Å². The molecule has 4 aromatic rings. The van der Waals surface area contributed by atoms with Crippen LogP contribution in [0.1, 0.15) is 16.9 Å². The van der Waals surface area contributed by atoms with E-state index in [1.807, 2.05) is 6.07 Å². The second-order valence-electron chi connectivity index (χ2n) is 6.77. The quantitative estimate of drug-likeness (QED) is 0.439. The van der Waals surface area contributed by atoms with Crippen LogP contribution in [0.3, 0.4) is 0 Å². The van der Waals surface area contributed by atoms with Crippen LogP contribution in [0, 0.1) is 0 Å². The van der Waals surface area contributed by atoms with Gasteiger partial charge in [-0.2, -0.15) is 0 Å². The number of fused-ring (bicyclic) bond motifs is 1. The molecule has 0 saturated carbocycles. The molecule has 1 amide bonds. The number of anilines is 1. The average molecular weight is 475 g/mol. The second kappa shape index (κ2) is 9.05. The Labute approximate surface area is 190 Å². The molecule has 4 rings (SSSR count). The van der Waals surface area contributed by atoms with E-state index in [4.69, 9.17) is 23.2 Å². The summed E-state index contributed by atoms with van der Waals surface area (Å²) in [5, 5.41) is 4.75. The zero-order chi connectivity index (χ0) is 22.0. The van der Waals surface area contributed by atoms with Crippen LogP contribution in [0.2, 0.25) is 10.0 Å². The molecule has 0 unspecified atom stereocenters. The highest BCUT2D eigenvalue weighted by Crippen LogP contribution is 2.27. The first-order valence-electron chi connectivity index (χ1n) is 9.31. The highest BCUT2D eigenvalue weighted by Gasteiger charge is 2.12. The van der Waals surface area contributed by atoms with Crippen LogP contribution in [0.4, 0.5) is 5.13 Å². The predicted molar refractivity (Wildman–Crippen MR) is 123 cm³/mol. The lowest BCUT2D eigenvalue weighted by Gasteiger charge is -2.09. The number of hydrogen-bond acceptors (Lipinski definition) is 5. The van der Waals surface area contributed by atoms with E-state index in [1.54, 1.807) is 42.6 Å². The summed E-state index contributed by atoms with van der Waals surface area (Å²) in [6.45, 7) is 0.126. The number of thiazole rings is 1. The molecule has 2 heterocycles. The molecule has 158 valence electrons. The number of aromatic nitrogens is 3. The summed E-state index contributed by atoms with van der Waals surface area (Å²) in [4.78, 5) is 44.0. The number of nitrogens with zero attached hydrogens (tertiary/aromatic N) is 2. The van der Waals surface area contributed by atoms with E-state index in [9.17, 15) is 14.4 Å². The normalized spacial score (nSPS) is 11.0. The van der Waals surface area contributed by atoms with Crippen molar-refractivity contribution in [3.05, 3.63) is 90.0 Å². The Morgan fingerprint density at radius 1 is 1.16 bits per heavy atom. The van der Waals surface area contributed by atoms with Crippen LogP contribution in [0.5, 0.6) is 0 Å². The van der Waals surface area contributed by atoms with E-state index >= 15 is 0 Å². The predicted octanol–water partition coefficient (Wildman–Crippen LogP) is 4.07. The highest BCUT2D eigenvalue weighted by molar-refractivity contribution is 7.15. The van der Waals surface area contributed by atoms with Crippen LogP contribution >= 0.6 is 34.5 Å². The van der Waals surface area contributed by atoms with Gasteiger partial charge in [0.05, 0.1) is 10.9 Å². The number of benzene rings is 2. The van der Waals surface area contributed by atoms with E-state index in [1.165, 1.54) is 15.9 Å². The van der Waals surface area contributed by atoms with E-state index < -0.39 is 11.2 Å². The molecule has 0 saturated heterocycles. The zero-order valence-electron chi connectivity index (χ0n) is 16.0. The monoisotopic (exact) mass is 474 g/mol. The summed E-state index contributed by atoms with van der Waals surface area (Å²) in [5.41, 5.74) is 0.405. The van der Waals surface area contributed by atoms with Crippen molar-refractivity contribution in [1.82, 2.24) is 14.5 Å². The summed E-state index contributed by atoms with van der Waals surface area (Å²) < 4.78 is 1.38. The Bertz CT molecular complexity index is 1390. The fourth-order valence-electron chi connectivity index (χ4n) is 3.16. The van der Waals surface area contributed by atoms with Gasteiger partial charge in [0, 0.05) is 40.5 Å². The van der Waals surface area contributed by atoms with Gasteiger partial charge in [0.15, 0.2) is 5.13 Å². The van der Waals surface area contributed by atoms with Crippen molar-refractivity contribution in [2.45, 2.75) is 19.4 Å². The first kappa shape index (κ1) is 21.3. The minimum absolute atomic E-state index is 0.0495. The van der Waals surface area contributed by atoms with Crippen LogP contribution < -0.4 is 16.6 Å². The van der Waals surface area contributed by atoms with Gasteiger partial charge in [-0.25, -0.2) is 9.78 Å². The van der Waals surface area contributed by atoms with Crippen molar-refractivity contribution < 1.29 is 4.79 Å². The van der Waals surface area contributed by atoms with Crippen LogP contribution in [0.15, 0.2) is 58.3 Å². The molecule has 0 aliphatic rings. The molecule has 0 aliphatic heterocycles. The number of nitrogens with one attached hydrogen (secondary N) is 2. The highest BCUT2D eigenvalue weighted by atomic mass is 35.5. The SMILES string of the molecule is O=C(CCn1c(=O)[nH]c(=O)c2ccccc21)Nc1ncc(Cc2ccc(Cl)cc2Cl)s1. The largest absolute Gasteiger partial charge is 0.328 e. The standard InChI is InChI=1S/C21H16Cl2N4O3S/c22-13-6-5-12(16(23)10-13)9-14-11-24-20(31-14)25-18(28)7-8-27-17-4-2-1-3-15(17)19(29)26-21(27)30/h1-6,10-11H,7-9H2,(H,24,25,28)(H,26,29,30). The fraction of sp³-hybridized carbons (Fsp3) is 0.143. The van der Waals surface area contributed by atoms with E-state index in [-0.39, 0.29) is 18.9 Å². The summed E-state index contributed by atoms with van der Waals surface area (Å²) in [6, 6.07) is 12.1. The third-order valence-corrected chi connectivity index (χ3v) is 6.15. The summed E-state index contributed by atoms with van der Waals surface area (Å²) >= 11 is 13.5. The molecular weight excluding hydrogens is 459 g/mol. The fourth-order valence-corrected chi connectivity index (χ4v) is 4.49. The lowest BCUT2D eigenvalue weighted by Crippen LogP contribution is -2.31. The minimum Gasteiger partial charge on any atom is -0.302 e. The molecule has 0 bridgehead atoms. The number of aryl methyl sites for hydroxylation is 1. The van der Waals surface area contributed by atoms with Gasteiger partial charge >= 0.3 is 5.69 Å². The van der Waals surface area contributed by atoms with Gasteiger partial charge in [-0.05, 0) is 29.8 Å². The number of para-hydroxylation sites is 1. The van der Waals surface area contributed by atoms with Crippen molar-refractivity contribution in [2.75, 3.05) is 5.32 Å². The summed E-state index contributed by atoms with van der Waals surface area (Å²) in [6.07, 6.45) is 2.31. The van der Waals surface area contributed by atoms with Crippen LogP contribution in [0.25, 0.3) is 10.9 Å². The van der Waals surface area contributed by atoms with Gasteiger partial charge in [0.2, 0.25) is 5.91 Å². The van der Waals surface area contributed by atoms with Crippen molar-refractivity contribution >= 4 is 56.5 Å². The number of carbonyl (C=O) groups excluding carboxylic acids is 1. The van der Waals surface area contributed by atoms with E-state index in [2.05, 4.69) is 15.3 Å². The average Bonchev–Trinajstić information content (AvgIpc) is 3.16. The number of carbonyl (C=O) groups is 1. The zero-order valence-corrected chi connectivity index (χ0v) is 18.4. The molecule has 7 nitrogen and oxygen atoms in total. The maximum Gasteiger partial charge on any atom is 0.328 e. The van der Waals surface area contributed by atoms with Gasteiger partial charge in [0.1, 0.15) is 0 Å². The van der Waals surface area contributed by atoms with Crippen molar-refractivity contribution in [3.63, 3.8) is 0 Å². The Balaban J connectivity index is 1.42. The van der Waals surface area contributed by atoms with Gasteiger partial charge < -0.3 is 5.32 Å². The Hall–Kier alpha value is -2.94. The maximum atomic E-state index is 12.4. The Morgan fingerprint density at radius 3 is 2.77 bits per heavy atom. The van der Waals surface area contributed by atoms with Crippen molar-refractivity contribution in [3.8, 4) is 0 Å². The number of hydrogen-bond donors (Lipinski definition) is 2. The number of amides is 1. The Morgan fingerprint density at radius 2 is 1.97 bits per heavy atom. The minimum atomic E-state index is -0.548. The summed E-state index contributed by atoms with van der Waals surface area (Å²) in [7, 11) is 0. The Kier molecular flexibility index (Phi) is 6.22. The first-order chi connectivity index (χ1) is 14.9. The third kappa shape index (κ3) is 4.87. The smallest absolute Gasteiger partial charge is 0.302 e. The molecule has 0 fully saturated rings. The molecule has 0 aliphatic carbocycles. The molecular formula is C21H16Cl2N4O3S. The van der Waals surface area contributed by atoms with Crippen molar-refractivity contribution in [2.24, 2.45) is 0 Å². The molecule has 2 aromatic carbocycles. The lowest BCUT2D eigenvalue weighted by atomic mass is 10.1. The lowest BCUT2D eigenvalue weighted by molar-refractivity contribution is -0.116. The van der Waals surface area contributed by atoms with E-state index in [0.29, 0.717) is 32.5 Å². The maximum absolute atomic E-state index is 12.4. The molecule has 31 heavy (non-hydrogen) atoms. The first-order valence-corrected chi connectivity index (χ1v) is 10.9. The number of aromatic amines is 1. The van der Waals surface area contributed by atoms with E-state index in [0.717, 1.165) is 10.4 Å². The summed E-state index contributed by atoms with van der Waals surface area (Å²) in [5.74, 6) is -0.285. The van der Waals surface area contributed by atoms with Crippen molar-refractivity contribution in [1.29, 1.82) is 0 Å². The van der Waals surface area contributed by atoms with Gasteiger partial charge in [0.25, 0.3) is 5.56 Å². The molecule has 0 radical (unpaired) electrons.